The van der Waals surface area contributed by atoms with Crippen LogP contribution >= 0.6 is 0 Å². The number of carbonyl (C=O) groups excluding carboxylic acids is 2. The number of nitriles is 1. The van der Waals surface area contributed by atoms with E-state index in [2.05, 4.69) is 15.2 Å². The van der Waals surface area contributed by atoms with E-state index in [4.69, 9.17) is 28.3 Å². The third kappa shape index (κ3) is 7.21. The van der Waals surface area contributed by atoms with E-state index < -0.39 is 41.2 Å². The van der Waals surface area contributed by atoms with Crippen LogP contribution in [0.3, 0.4) is 0 Å². The molecule has 4 atom stereocenters. The monoisotopic (exact) mass is 805 g/mol. The highest BCUT2D eigenvalue weighted by Crippen LogP contribution is 2.48. The maximum atomic E-state index is 17.8. The lowest BCUT2D eigenvalue weighted by molar-refractivity contribution is 0.0209. The Kier molecular flexibility index (Phi) is 9.86. The van der Waals surface area contributed by atoms with E-state index in [1.165, 1.54) is 6.07 Å². The fourth-order valence-electron chi connectivity index (χ4n) is 8.61. The number of likely N-dealkylation sites (tertiary alicyclic amines) is 2. The van der Waals surface area contributed by atoms with E-state index in [-0.39, 0.29) is 96.0 Å². The van der Waals surface area contributed by atoms with Crippen molar-refractivity contribution < 1.29 is 46.1 Å². The summed E-state index contributed by atoms with van der Waals surface area (Å²) >= 11 is 0. The molecular weight excluding hydrogens is 759 g/mol. The quantitative estimate of drug-likeness (QED) is 0.204. The number of piperazine rings is 1. The van der Waals surface area contributed by atoms with Gasteiger partial charge in [0.1, 0.15) is 58.3 Å². The van der Waals surface area contributed by atoms with Crippen molar-refractivity contribution in [3.05, 3.63) is 40.5 Å². The number of rotatable bonds is 6. The number of benzene rings is 2. The van der Waals surface area contributed by atoms with E-state index in [9.17, 15) is 19.2 Å². The molecular formula is C41H46F3N7O7. The van der Waals surface area contributed by atoms with Crippen LogP contribution in [0, 0.1) is 23.0 Å². The van der Waals surface area contributed by atoms with Crippen molar-refractivity contribution in [2.45, 2.75) is 110 Å². The van der Waals surface area contributed by atoms with Gasteiger partial charge < -0.3 is 33.2 Å². The van der Waals surface area contributed by atoms with Crippen LogP contribution < -0.4 is 15.0 Å². The highest BCUT2D eigenvalue weighted by molar-refractivity contribution is 6.07. The maximum Gasteiger partial charge on any atom is 0.414 e. The number of halogens is 3. The zero-order chi connectivity index (χ0) is 41.4. The molecule has 308 valence electrons. The van der Waals surface area contributed by atoms with Gasteiger partial charge in [0, 0.05) is 48.9 Å². The summed E-state index contributed by atoms with van der Waals surface area (Å²) in [6.45, 7) is 11.3. The lowest BCUT2D eigenvalue weighted by Crippen LogP contribution is -2.56. The van der Waals surface area contributed by atoms with Gasteiger partial charge in [-0.15, -0.1) is 0 Å². The first kappa shape index (κ1) is 39.5. The zero-order valence-electron chi connectivity index (χ0n) is 33.5. The number of ether oxygens (including phenoxy) is 4. The molecule has 0 radical (unpaired) electrons. The van der Waals surface area contributed by atoms with Crippen molar-refractivity contribution in [1.29, 1.82) is 5.26 Å². The maximum absolute atomic E-state index is 17.8. The molecule has 1 N–H and O–H groups in total. The number of alkyl halides is 1. The number of hydrogen-bond acceptors (Lipinski definition) is 12. The second-order valence-corrected chi connectivity index (χ2v) is 17.4. The molecule has 17 heteroatoms. The predicted octanol–water partition coefficient (Wildman–Crippen LogP) is 7.58. The molecule has 3 fully saturated rings. The number of hydrogen-bond donors (Lipinski definition) is 1. The number of nitrogens with one attached hydrogen (secondary N) is 1. The van der Waals surface area contributed by atoms with Crippen molar-refractivity contribution in [1.82, 2.24) is 19.8 Å². The summed E-state index contributed by atoms with van der Waals surface area (Å²) in [6.07, 6.45) is -0.657. The van der Waals surface area contributed by atoms with Crippen molar-refractivity contribution in [3.63, 3.8) is 0 Å². The van der Waals surface area contributed by atoms with Gasteiger partial charge in [-0.2, -0.15) is 15.2 Å². The average Bonchev–Trinajstić information content (AvgIpc) is 3.89. The second kappa shape index (κ2) is 14.5. The smallest absolute Gasteiger partial charge is 0.414 e. The van der Waals surface area contributed by atoms with Gasteiger partial charge in [-0.25, -0.2) is 22.8 Å². The molecule has 4 aromatic rings. The van der Waals surface area contributed by atoms with Gasteiger partial charge in [-0.1, -0.05) is 0 Å². The van der Waals surface area contributed by atoms with E-state index >= 15 is 8.78 Å². The van der Waals surface area contributed by atoms with Gasteiger partial charge >= 0.3 is 18.2 Å². The molecule has 2 unspecified atom stereocenters. The Labute approximate surface area is 333 Å². The van der Waals surface area contributed by atoms with Gasteiger partial charge in [-0.05, 0) is 91.1 Å². The Morgan fingerprint density at radius 1 is 0.966 bits per heavy atom. The van der Waals surface area contributed by atoms with Crippen molar-refractivity contribution in [2.24, 2.45) is 0 Å². The number of fused-ring (bicyclic) bond motifs is 6. The average molecular weight is 806 g/mol. The molecule has 2 amide bonds. The Balaban J connectivity index is 1.29. The second-order valence-electron chi connectivity index (χ2n) is 17.4. The zero-order valence-corrected chi connectivity index (χ0v) is 33.5. The Morgan fingerprint density at radius 2 is 1.66 bits per heavy atom. The molecule has 0 spiro atoms. The number of likely N-dealkylation sites (N-methyl/N-ethyl adjacent to an activating group) is 1. The van der Waals surface area contributed by atoms with Crippen molar-refractivity contribution in [3.8, 4) is 23.2 Å². The normalized spacial score (nSPS) is 22.1. The molecule has 0 saturated carbocycles. The number of amides is 2. The van der Waals surface area contributed by atoms with Crippen LogP contribution in [-0.4, -0.2) is 101 Å². The third-order valence-corrected chi connectivity index (χ3v) is 11.0. The van der Waals surface area contributed by atoms with Gasteiger partial charge in [-0.3, -0.25) is 10.2 Å². The van der Waals surface area contributed by atoms with Crippen LogP contribution in [0.25, 0.3) is 33.0 Å². The van der Waals surface area contributed by atoms with E-state index in [0.717, 1.165) is 18.9 Å². The first-order valence-corrected chi connectivity index (χ1v) is 19.4. The van der Waals surface area contributed by atoms with Gasteiger partial charge in [0.05, 0.1) is 24.0 Å². The Morgan fingerprint density at radius 3 is 2.29 bits per heavy atom. The number of carbonyl (C=O) groups is 2. The number of furan rings is 1. The highest BCUT2D eigenvalue weighted by atomic mass is 19.1. The standard InChI is InChI=1S/C41H46F3N7O7/c1-40(2,3)57-38(52)48-36-24(13-45)29-28(56-36)11-10-27(43)32(29)30-25-18-54-19-26(25)31-34(33(30)44)46-37(55-17-23-12-20(42)14-49(23)7)47-35(31)51-21-8-9-22(51)16-50(15-21)39(53)58-41(4,5)6/h10-11,20-23H,8-9,12,14-19H2,1-7H3,(H,48,52)/t20-,21?,22?,23+/m1/s1. The largest absolute Gasteiger partial charge is 0.462 e. The molecule has 2 bridgehead atoms. The summed E-state index contributed by atoms with van der Waals surface area (Å²) in [4.78, 5) is 41.1. The first-order valence-electron chi connectivity index (χ1n) is 19.4. The van der Waals surface area contributed by atoms with Crippen LogP contribution in [0.15, 0.2) is 16.5 Å². The fraction of sp³-hybridized carbons (Fsp3) is 0.537. The molecule has 0 aliphatic carbocycles. The predicted molar refractivity (Wildman–Crippen MR) is 206 cm³/mol. The summed E-state index contributed by atoms with van der Waals surface area (Å²) in [6, 6.07) is 3.54. The lowest BCUT2D eigenvalue weighted by Gasteiger charge is -2.42. The molecule has 58 heavy (non-hydrogen) atoms. The van der Waals surface area contributed by atoms with Crippen LogP contribution in [0.2, 0.25) is 0 Å². The molecule has 8 rings (SSSR count). The minimum absolute atomic E-state index is 0.0184. The van der Waals surface area contributed by atoms with Crippen LogP contribution in [0.5, 0.6) is 6.01 Å². The van der Waals surface area contributed by atoms with E-state index in [1.807, 2.05) is 31.7 Å². The Hall–Kier alpha value is -5.34. The third-order valence-electron chi connectivity index (χ3n) is 11.0. The summed E-state index contributed by atoms with van der Waals surface area (Å²) in [5.41, 5.74) is -1.52. The summed E-state index contributed by atoms with van der Waals surface area (Å²) in [5, 5.41) is 13.1. The highest BCUT2D eigenvalue weighted by Gasteiger charge is 2.45. The summed E-state index contributed by atoms with van der Waals surface area (Å²) in [5.74, 6) is -1.67. The molecule has 14 nitrogen and oxygen atoms in total. The number of anilines is 2. The molecule has 4 aliphatic rings. The van der Waals surface area contributed by atoms with Crippen molar-refractivity contribution in [2.75, 3.05) is 43.5 Å². The SMILES string of the molecule is CN1C[C@H](F)C[C@H]1COc1nc(N2C3CCC2CN(C(=O)OC(C)(C)C)C3)c2c3c(c(-c4c(F)ccc5oc(NC(=O)OC(C)(C)C)c(C#N)c45)c(F)c2n1)COC3. The topological polar surface area (TPSA) is 156 Å². The number of nitrogens with zero attached hydrogens (tertiary/aromatic N) is 6. The van der Waals surface area contributed by atoms with Gasteiger partial charge in [0.2, 0.25) is 5.88 Å². The Bertz CT molecular complexity index is 2350. The molecule has 3 saturated heterocycles. The molecule has 2 aromatic carbocycles. The van der Waals surface area contributed by atoms with E-state index in [1.54, 1.807) is 32.7 Å². The minimum atomic E-state index is -1.02. The lowest BCUT2D eigenvalue weighted by atomic mass is 9.90. The number of aromatic nitrogens is 2. The van der Waals surface area contributed by atoms with Crippen molar-refractivity contribution >= 4 is 45.8 Å². The van der Waals surface area contributed by atoms with Gasteiger partial charge in [0.15, 0.2) is 5.82 Å². The molecule has 6 heterocycles. The summed E-state index contributed by atoms with van der Waals surface area (Å²) in [7, 11) is 1.80. The fourth-order valence-corrected chi connectivity index (χ4v) is 8.61. The first-order chi connectivity index (χ1) is 27.4. The van der Waals surface area contributed by atoms with Crippen LogP contribution in [0.1, 0.15) is 77.5 Å². The van der Waals surface area contributed by atoms with Crippen LogP contribution in [0.4, 0.5) is 34.5 Å². The summed E-state index contributed by atoms with van der Waals surface area (Å²) < 4.78 is 77.5. The molecule has 2 aromatic heterocycles. The van der Waals surface area contributed by atoms with Gasteiger partial charge in [0.25, 0.3) is 0 Å². The molecule has 4 aliphatic heterocycles. The minimum Gasteiger partial charge on any atom is -0.462 e. The van der Waals surface area contributed by atoms with E-state index in [0.29, 0.717) is 35.4 Å². The van der Waals surface area contributed by atoms with Crippen LogP contribution in [-0.2, 0) is 27.4 Å².